The van der Waals surface area contributed by atoms with Gasteiger partial charge in [-0.3, -0.25) is 5.10 Å². The van der Waals surface area contributed by atoms with Crippen LogP contribution in [-0.2, 0) is 0 Å². The van der Waals surface area contributed by atoms with Gasteiger partial charge in [-0.25, -0.2) is 9.97 Å². The second-order valence-corrected chi connectivity index (χ2v) is 4.42. The van der Waals surface area contributed by atoms with Crippen LogP contribution in [0.2, 0.25) is 0 Å². The number of fused-ring (bicyclic) bond motifs is 2. The summed E-state index contributed by atoms with van der Waals surface area (Å²) in [6.45, 7) is 0. The van der Waals surface area contributed by atoms with E-state index < -0.39 is 0 Å². The van der Waals surface area contributed by atoms with Gasteiger partial charge >= 0.3 is 0 Å². The molecular formula is C15H10N4O. The van der Waals surface area contributed by atoms with Crippen LogP contribution in [0.3, 0.4) is 0 Å². The molecule has 2 aromatic heterocycles. The van der Waals surface area contributed by atoms with Crippen molar-refractivity contribution in [2.75, 3.05) is 0 Å². The molecule has 0 fully saturated rings. The number of hydrogen-bond acceptors (Lipinski definition) is 4. The van der Waals surface area contributed by atoms with Gasteiger partial charge in [-0.05, 0) is 24.3 Å². The molecule has 1 N–H and O–H groups in total. The first-order chi connectivity index (χ1) is 9.88. The predicted molar refractivity (Wildman–Crippen MR) is 75.7 cm³/mol. The molecule has 0 aliphatic carbocycles. The third kappa shape index (κ3) is 1.85. The molecule has 0 atom stereocenters. The minimum absolute atomic E-state index is 0.475. The number of ether oxygens (including phenoxy) is 1. The molecule has 5 nitrogen and oxygen atoms in total. The maximum absolute atomic E-state index is 5.74. The molecule has 20 heavy (non-hydrogen) atoms. The van der Waals surface area contributed by atoms with Crippen molar-refractivity contribution < 1.29 is 4.74 Å². The van der Waals surface area contributed by atoms with Crippen molar-refractivity contribution in [2.45, 2.75) is 0 Å². The van der Waals surface area contributed by atoms with Crippen LogP contribution in [0.4, 0.5) is 0 Å². The normalized spacial score (nSPS) is 11.0. The van der Waals surface area contributed by atoms with Gasteiger partial charge in [0.1, 0.15) is 5.75 Å². The second-order valence-electron chi connectivity index (χ2n) is 4.42. The second kappa shape index (κ2) is 4.31. The van der Waals surface area contributed by atoms with Crippen LogP contribution in [0.1, 0.15) is 0 Å². The highest BCUT2D eigenvalue weighted by Gasteiger charge is 2.03. The lowest BCUT2D eigenvalue weighted by atomic mass is 10.2. The van der Waals surface area contributed by atoms with Crippen LogP contribution in [0.15, 0.2) is 54.9 Å². The van der Waals surface area contributed by atoms with E-state index in [0.29, 0.717) is 11.6 Å². The minimum atomic E-state index is 0.475. The molecule has 2 heterocycles. The van der Waals surface area contributed by atoms with Gasteiger partial charge in [0.25, 0.3) is 0 Å². The van der Waals surface area contributed by atoms with Gasteiger partial charge < -0.3 is 4.74 Å². The molecular weight excluding hydrogens is 252 g/mol. The van der Waals surface area contributed by atoms with E-state index in [1.807, 2.05) is 42.5 Å². The average molecular weight is 262 g/mol. The highest BCUT2D eigenvalue weighted by atomic mass is 16.5. The maximum Gasteiger partial charge on any atom is 0.238 e. The number of H-pyrrole nitrogens is 1. The summed E-state index contributed by atoms with van der Waals surface area (Å²) in [4.78, 5) is 8.75. The van der Waals surface area contributed by atoms with Crippen molar-refractivity contribution >= 4 is 21.9 Å². The molecule has 0 aliphatic heterocycles. The van der Waals surface area contributed by atoms with E-state index in [1.165, 1.54) is 0 Å². The van der Waals surface area contributed by atoms with E-state index in [0.717, 1.165) is 21.9 Å². The molecule has 0 spiro atoms. The van der Waals surface area contributed by atoms with Gasteiger partial charge in [0.15, 0.2) is 0 Å². The Hall–Kier alpha value is -2.95. The molecule has 0 unspecified atom stereocenters. The van der Waals surface area contributed by atoms with E-state index in [9.17, 15) is 0 Å². The largest absolute Gasteiger partial charge is 0.437 e. The van der Waals surface area contributed by atoms with Crippen LogP contribution in [0, 0.1) is 0 Å². The van der Waals surface area contributed by atoms with Crippen molar-refractivity contribution in [3.05, 3.63) is 54.9 Å². The van der Waals surface area contributed by atoms with Gasteiger partial charge in [-0.1, -0.05) is 12.1 Å². The molecule has 0 saturated carbocycles. The molecule has 0 amide bonds. The topological polar surface area (TPSA) is 63.7 Å². The fourth-order valence-electron chi connectivity index (χ4n) is 2.09. The number of aromatic amines is 1. The van der Waals surface area contributed by atoms with Crippen LogP contribution >= 0.6 is 0 Å². The Morgan fingerprint density at radius 3 is 2.80 bits per heavy atom. The van der Waals surface area contributed by atoms with Gasteiger partial charge in [0, 0.05) is 11.5 Å². The number of nitrogens with zero attached hydrogens (tertiary/aromatic N) is 3. The van der Waals surface area contributed by atoms with E-state index in [4.69, 9.17) is 4.74 Å². The predicted octanol–water partition coefficient (Wildman–Crippen LogP) is 3.30. The number of nitrogens with one attached hydrogen (secondary N) is 1. The zero-order valence-corrected chi connectivity index (χ0v) is 10.4. The monoisotopic (exact) mass is 262 g/mol. The Morgan fingerprint density at radius 1 is 0.950 bits per heavy atom. The lowest BCUT2D eigenvalue weighted by Gasteiger charge is -2.05. The van der Waals surface area contributed by atoms with Crippen LogP contribution < -0.4 is 4.74 Å². The summed E-state index contributed by atoms with van der Waals surface area (Å²) < 4.78 is 5.74. The number of para-hydroxylation sites is 2. The van der Waals surface area contributed by atoms with Crippen molar-refractivity contribution in [3.63, 3.8) is 0 Å². The molecule has 4 rings (SSSR count). The summed E-state index contributed by atoms with van der Waals surface area (Å²) in [5.74, 6) is 1.17. The first-order valence-corrected chi connectivity index (χ1v) is 6.21. The Labute approximate surface area is 114 Å². The standard InChI is InChI=1S/C15H10N4O/c1-2-4-13-12(3-1)16-9-15(18-13)20-11-6-5-10-8-17-19-14(10)7-11/h1-9H,(H,17,19). The number of hydrogen-bond donors (Lipinski definition) is 1. The molecule has 0 bridgehead atoms. The molecule has 0 radical (unpaired) electrons. The van der Waals surface area contributed by atoms with Gasteiger partial charge in [-0.15, -0.1) is 0 Å². The summed E-state index contributed by atoms with van der Waals surface area (Å²) in [6.07, 6.45) is 3.40. The van der Waals surface area contributed by atoms with Crippen LogP contribution in [0.25, 0.3) is 21.9 Å². The highest BCUT2D eigenvalue weighted by molar-refractivity contribution is 5.79. The van der Waals surface area contributed by atoms with Gasteiger partial charge in [-0.2, -0.15) is 5.10 Å². The van der Waals surface area contributed by atoms with Crippen molar-refractivity contribution in [1.82, 2.24) is 20.2 Å². The fourth-order valence-corrected chi connectivity index (χ4v) is 2.09. The quantitative estimate of drug-likeness (QED) is 0.602. The molecule has 5 heteroatoms. The molecule has 96 valence electrons. The third-order valence-electron chi connectivity index (χ3n) is 3.06. The first kappa shape index (κ1) is 10.9. The molecule has 4 aromatic rings. The first-order valence-electron chi connectivity index (χ1n) is 6.21. The zero-order valence-electron chi connectivity index (χ0n) is 10.4. The Kier molecular flexibility index (Phi) is 2.35. The number of benzene rings is 2. The SMILES string of the molecule is c1ccc2nc(Oc3ccc4cn[nH]c4c3)cnc2c1. The summed E-state index contributed by atoms with van der Waals surface area (Å²) in [7, 11) is 0. The molecule has 0 saturated heterocycles. The van der Waals surface area contributed by atoms with E-state index in [2.05, 4.69) is 20.2 Å². The Balaban J connectivity index is 1.72. The van der Waals surface area contributed by atoms with E-state index in [-0.39, 0.29) is 0 Å². The minimum Gasteiger partial charge on any atom is -0.437 e. The smallest absolute Gasteiger partial charge is 0.238 e. The highest BCUT2D eigenvalue weighted by Crippen LogP contribution is 2.24. The summed E-state index contributed by atoms with van der Waals surface area (Å²) >= 11 is 0. The average Bonchev–Trinajstić information content (AvgIpc) is 2.95. The summed E-state index contributed by atoms with van der Waals surface area (Å²) in [6, 6.07) is 13.4. The maximum atomic E-state index is 5.74. The lowest BCUT2D eigenvalue weighted by molar-refractivity contribution is 0.463. The van der Waals surface area contributed by atoms with Crippen LogP contribution in [-0.4, -0.2) is 20.2 Å². The van der Waals surface area contributed by atoms with Crippen molar-refractivity contribution in [1.29, 1.82) is 0 Å². The zero-order chi connectivity index (χ0) is 13.4. The summed E-state index contributed by atoms with van der Waals surface area (Å²) in [5.41, 5.74) is 2.59. The molecule has 0 aliphatic rings. The Morgan fingerprint density at radius 2 is 1.85 bits per heavy atom. The van der Waals surface area contributed by atoms with Gasteiger partial charge in [0.2, 0.25) is 5.88 Å². The van der Waals surface area contributed by atoms with Crippen molar-refractivity contribution in [2.24, 2.45) is 0 Å². The summed E-state index contributed by atoms with van der Waals surface area (Å²) in [5, 5.41) is 7.93. The van der Waals surface area contributed by atoms with Gasteiger partial charge in [0.05, 0.1) is 28.9 Å². The fraction of sp³-hybridized carbons (Fsp3) is 0. The number of rotatable bonds is 2. The van der Waals surface area contributed by atoms with E-state index in [1.54, 1.807) is 12.4 Å². The third-order valence-corrected chi connectivity index (χ3v) is 3.06. The lowest BCUT2D eigenvalue weighted by Crippen LogP contribution is -1.90. The molecule has 2 aromatic carbocycles. The van der Waals surface area contributed by atoms with Crippen LogP contribution in [0.5, 0.6) is 11.6 Å². The van der Waals surface area contributed by atoms with Crippen molar-refractivity contribution in [3.8, 4) is 11.6 Å². The number of aromatic nitrogens is 4. The van der Waals surface area contributed by atoms with E-state index >= 15 is 0 Å². The Bertz CT molecular complexity index is 900.